The number of fused-ring (bicyclic) bond motifs is 11. The number of hydrogen-bond acceptors (Lipinski definition) is 3. The maximum atomic E-state index is 5.50. The Balaban J connectivity index is 1.26. The van der Waals surface area contributed by atoms with Gasteiger partial charge in [-0.3, -0.25) is 4.57 Å². The summed E-state index contributed by atoms with van der Waals surface area (Å²) in [5.74, 6) is 0.680. The smallest absolute Gasteiger partial charge is 0.235 e. The average molecular weight is 643 g/mol. The van der Waals surface area contributed by atoms with Crippen molar-refractivity contribution < 1.29 is 0 Å². The molecule has 0 unspecified atom stereocenters. The van der Waals surface area contributed by atoms with E-state index < -0.39 is 0 Å². The Morgan fingerprint density at radius 2 is 1.00 bits per heavy atom. The van der Waals surface area contributed by atoms with E-state index in [2.05, 4.69) is 167 Å². The van der Waals surface area contributed by atoms with E-state index in [4.69, 9.17) is 9.97 Å². The van der Waals surface area contributed by atoms with Crippen molar-refractivity contribution in [2.45, 2.75) is 0 Å². The number of nitrogens with zero attached hydrogens (tertiary/aromatic N) is 4. The predicted octanol–water partition coefficient (Wildman–Crippen LogP) is 11.9. The van der Waals surface area contributed by atoms with Gasteiger partial charge in [0.05, 0.1) is 38.0 Å². The highest BCUT2D eigenvalue weighted by Crippen LogP contribution is 2.44. The van der Waals surface area contributed by atoms with Crippen LogP contribution in [0.4, 0.5) is 0 Å². The summed E-state index contributed by atoms with van der Waals surface area (Å²) in [6.45, 7) is 0. The monoisotopic (exact) mass is 642 g/mol. The van der Waals surface area contributed by atoms with Gasteiger partial charge in [0.1, 0.15) is 0 Å². The van der Waals surface area contributed by atoms with Crippen LogP contribution in [0.3, 0.4) is 0 Å². The number of hydrogen-bond donors (Lipinski definition) is 0. The average Bonchev–Trinajstić information content (AvgIpc) is 3.82. The molecule has 4 aromatic heterocycles. The summed E-state index contributed by atoms with van der Waals surface area (Å²) in [6, 6.07) is 56.4. The van der Waals surface area contributed by atoms with Crippen LogP contribution in [0.15, 0.2) is 158 Å². The van der Waals surface area contributed by atoms with Crippen molar-refractivity contribution in [3.8, 4) is 22.9 Å². The first kappa shape index (κ1) is 26.7. The molecule has 11 aromatic rings. The summed E-state index contributed by atoms with van der Waals surface area (Å²) in [4.78, 5) is 10.9. The van der Waals surface area contributed by atoms with Gasteiger partial charge in [-0.1, -0.05) is 115 Å². The molecular weight excluding hydrogens is 617 g/mol. The van der Waals surface area contributed by atoms with E-state index in [0.717, 1.165) is 43.6 Å². The molecule has 4 nitrogen and oxygen atoms in total. The molecule has 0 spiro atoms. The lowest BCUT2D eigenvalue weighted by Gasteiger charge is -2.11. The van der Waals surface area contributed by atoms with Gasteiger partial charge in [0.25, 0.3) is 0 Å². The minimum atomic E-state index is 0.680. The predicted molar refractivity (Wildman–Crippen MR) is 207 cm³/mol. The molecule has 0 aliphatic rings. The van der Waals surface area contributed by atoms with E-state index in [-0.39, 0.29) is 0 Å². The Kier molecular flexibility index (Phi) is 5.51. The molecule has 7 aromatic carbocycles. The van der Waals surface area contributed by atoms with Crippen LogP contribution in [-0.4, -0.2) is 19.1 Å². The number of para-hydroxylation sites is 4. The van der Waals surface area contributed by atoms with Crippen molar-refractivity contribution in [1.82, 2.24) is 19.1 Å². The normalized spacial score (nSPS) is 12.1. The molecule has 49 heavy (non-hydrogen) atoms. The Labute approximate surface area is 284 Å². The quantitative estimate of drug-likeness (QED) is 0.192. The van der Waals surface area contributed by atoms with Crippen molar-refractivity contribution in [3.05, 3.63) is 158 Å². The van der Waals surface area contributed by atoms with E-state index in [1.807, 2.05) is 0 Å². The maximum absolute atomic E-state index is 5.50. The van der Waals surface area contributed by atoms with Crippen LogP contribution < -0.4 is 0 Å². The van der Waals surface area contributed by atoms with E-state index in [1.54, 1.807) is 11.3 Å². The molecule has 0 bridgehead atoms. The van der Waals surface area contributed by atoms with Gasteiger partial charge in [0, 0.05) is 42.9 Å². The number of rotatable bonds is 3. The molecule has 0 atom stereocenters. The molecule has 228 valence electrons. The molecule has 0 aliphatic heterocycles. The topological polar surface area (TPSA) is 35.6 Å². The highest BCUT2D eigenvalue weighted by atomic mass is 32.1. The molecule has 5 heteroatoms. The zero-order valence-electron chi connectivity index (χ0n) is 26.2. The van der Waals surface area contributed by atoms with Gasteiger partial charge in [-0.05, 0) is 53.2 Å². The van der Waals surface area contributed by atoms with E-state index in [1.165, 1.54) is 48.1 Å². The summed E-state index contributed by atoms with van der Waals surface area (Å²) >= 11 is 1.80. The highest BCUT2D eigenvalue weighted by molar-refractivity contribution is 7.27. The van der Waals surface area contributed by atoms with E-state index >= 15 is 0 Å². The first-order valence-corrected chi connectivity index (χ1v) is 17.3. The fraction of sp³-hybridized carbons (Fsp3) is 0. The second-order valence-electron chi connectivity index (χ2n) is 12.6. The van der Waals surface area contributed by atoms with Crippen LogP contribution in [0.1, 0.15) is 0 Å². The molecule has 0 saturated carbocycles. The number of aromatic nitrogens is 4. The summed E-state index contributed by atoms with van der Waals surface area (Å²) < 4.78 is 6.93. The molecule has 0 fully saturated rings. The van der Waals surface area contributed by atoms with Crippen LogP contribution >= 0.6 is 11.3 Å². The van der Waals surface area contributed by atoms with E-state index in [0.29, 0.717) is 5.95 Å². The van der Waals surface area contributed by atoms with Crippen molar-refractivity contribution in [1.29, 1.82) is 0 Å². The Morgan fingerprint density at radius 3 is 1.73 bits per heavy atom. The van der Waals surface area contributed by atoms with Gasteiger partial charge in [-0.25, -0.2) is 9.97 Å². The molecule has 0 saturated heterocycles. The largest absolute Gasteiger partial charge is 0.309 e. The zero-order valence-corrected chi connectivity index (χ0v) is 27.0. The number of thiophene rings is 1. The third-order valence-electron chi connectivity index (χ3n) is 9.93. The molecule has 11 rings (SSSR count). The fourth-order valence-electron chi connectivity index (χ4n) is 7.77. The van der Waals surface area contributed by atoms with Gasteiger partial charge in [-0.2, -0.15) is 0 Å². The fourth-order valence-corrected chi connectivity index (χ4v) is 9.06. The number of benzene rings is 7. The van der Waals surface area contributed by atoms with E-state index in [9.17, 15) is 0 Å². The Hall–Kier alpha value is -6.30. The van der Waals surface area contributed by atoms with Crippen molar-refractivity contribution in [3.63, 3.8) is 0 Å². The first-order valence-electron chi connectivity index (χ1n) is 16.5. The minimum Gasteiger partial charge on any atom is -0.309 e. The van der Waals surface area contributed by atoms with Gasteiger partial charge in [0.15, 0.2) is 0 Å². The zero-order chi connectivity index (χ0) is 32.1. The summed E-state index contributed by atoms with van der Waals surface area (Å²) in [5, 5.41) is 8.44. The van der Waals surface area contributed by atoms with Gasteiger partial charge in [0.2, 0.25) is 5.95 Å². The SMILES string of the molecule is c1ccc(-n2c3ccccc3c3cc(-c4nc(-n5c6ccccc6c6ccccc65)nc5c4sc4c6ccccc6ccc54)ccc32)cc1. The lowest BCUT2D eigenvalue weighted by molar-refractivity contribution is 1.02. The minimum absolute atomic E-state index is 0.680. The third kappa shape index (κ3) is 3.79. The lowest BCUT2D eigenvalue weighted by Crippen LogP contribution is -2.02. The van der Waals surface area contributed by atoms with Crippen LogP contribution in [0.25, 0.3) is 97.6 Å². The lowest BCUT2D eigenvalue weighted by atomic mass is 10.1. The first-order chi connectivity index (χ1) is 24.3. The molecule has 0 radical (unpaired) electrons. The van der Waals surface area contributed by atoms with Crippen LogP contribution in [-0.2, 0) is 0 Å². The van der Waals surface area contributed by atoms with Crippen molar-refractivity contribution in [2.75, 3.05) is 0 Å². The van der Waals surface area contributed by atoms with Crippen LogP contribution in [0, 0.1) is 0 Å². The summed E-state index contributed by atoms with van der Waals surface area (Å²) in [6.07, 6.45) is 0. The van der Waals surface area contributed by atoms with Gasteiger partial charge < -0.3 is 4.57 Å². The van der Waals surface area contributed by atoms with Gasteiger partial charge in [-0.15, -0.1) is 11.3 Å². The molecular formula is C44H26N4S. The summed E-state index contributed by atoms with van der Waals surface area (Å²) in [5.41, 5.74) is 8.72. The maximum Gasteiger partial charge on any atom is 0.235 e. The third-order valence-corrected chi connectivity index (χ3v) is 11.2. The molecule has 4 heterocycles. The second kappa shape index (κ2) is 10.1. The molecule has 0 amide bonds. The van der Waals surface area contributed by atoms with Gasteiger partial charge >= 0.3 is 0 Å². The molecule has 0 N–H and O–H groups in total. The standard InChI is InChI=1S/C44H26N4S/c1-2-13-29(14-3-1)47-36-19-9-8-18-33(36)35-26-28(23-25-39(35)47)40-43-41(34-24-22-27-12-4-5-15-30(27)42(34)49-43)46-44(45-40)48-37-20-10-6-16-31(37)32-17-7-11-21-38(32)48/h1-26H. The molecule has 0 aliphatic carbocycles. The second-order valence-corrected chi connectivity index (χ2v) is 13.6. The van der Waals surface area contributed by atoms with Crippen molar-refractivity contribution in [2.24, 2.45) is 0 Å². The van der Waals surface area contributed by atoms with Crippen LogP contribution in [0.2, 0.25) is 0 Å². The Bertz CT molecular complexity index is 3060. The van der Waals surface area contributed by atoms with Crippen molar-refractivity contribution >= 4 is 86.0 Å². The van der Waals surface area contributed by atoms with Crippen LogP contribution in [0.5, 0.6) is 0 Å². The Morgan fingerprint density at radius 1 is 0.408 bits per heavy atom. The summed E-state index contributed by atoms with van der Waals surface area (Å²) in [7, 11) is 0. The highest BCUT2D eigenvalue weighted by Gasteiger charge is 2.22.